The molecular formula is C21H24F2N4O. The molecule has 0 saturated carbocycles. The minimum absolute atomic E-state index is 0.0365. The Kier molecular flexibility index (Phi) is 4.23. The number of hydrogen-bond donors (Lipinski definition) is 0. The van der Waals surface area contributed by atoms with Crippen molar-refractivity contribution >= 4 is 5.91 Å². The van der Waals surface area contributed by atoms with E-state index in [1.54, 1.807) is 29.1 Å². The number of aromatic nitrogens is 2. The maximum absolute atomic E-state index is 14.6. The van der Waals surface area contributed by atoms with E-state index in [1.807, 2.05) is 11.8 Å². The van der Waals surface area contributed by atoms with E-state index < -0.39 is 11.6 Å². The quantitative estimate of drug-likeness (QED) is 0.815. The van der Waals surface area contributed by atoms with Gasteiger partial charge in [-0.15, -0.1) is 0 Å². The third-order valence-electron chi connectivity index (χ3n) is 6.82. The van der Waals surface area contributed by atoms with Crippen LogP contribution >= 0.6 is 0 Å². The summed E-state index contributed by atoms with van der Waals surface area (Å²) in [5.74, 6) is -1.51. The molecule has 1 amide bonds. The third kappa shape index (κ3) is 2.59. The van der Waals surface area contributed by atoms with E-state index in [9.17, 15) is 13.6 Å². The standard InChI is InChI=1S/C21H24F2N4O/c1-2-26-11-8-17(24-26)21(28)27-12-15(14-4-3-5-16(22)18(14)23)20-19(27)13-6-9-25(20)10-7-13/h3-5,8,11,13,15,19-20H,2,6-7,9-10,12H2,1H3/t15-,19-,20-/m1/s1. The fraction of sp³-hybridized carbons (Fsp3) is 0.524. The van der Waals surface area contributed by atoms with Crippen LogP contribution in [0.1, 0.15) is 41.7 Å². The van der Waals surface area contributed by atoms with Crippen LogP contribution in [0.3, 0.4) is 0 Å². The summed E-state index contributed by atoms with van der Waals surface area (Å²) in [6, 6.07) is 6.21. The molecule has 4 aliphatic rings. The normalized spacial score (nSPS) is 31.2. The Balaban J connectivity index is 1.54. The van der Waals surface area contributed by atoms with Gasteiger partial charge in [0.25, 0.3) is 5.91 Å². The van der Waals surface area contributed by atoms with Gasteiger partial charge in [0.1, 0.15) is 5.69 Å². The van der Waals surface area contributed by atoms with Gasteiger partial charge in [-0.3, -0.25) is 14.4 Å². The summed E-state index contributed by atoms with van der Waals surface area (Å²) in [5, 5.41) is 4.38. The van der Waals surface area contributed by atoms with Crippen LogP contribution in [-0.2, 0) is 6.54 Å². The molecule has 2 aromatic rings. The van der Waals surface area contributed by atoms with Crippen molar-refractivity contribution in [3.63, 3.8) is 0 Å². The zero-order chi connectivity index (χ0) is 19.4. The molecule has 28 heavy (non-hydrogen) atoms. The molecule has 5 nitrogen and oxygen atoms in total. The van der Waals surface area contributed by atoms with E-state index in [4.69, 9.17) is 0 Å². The van der Waals surface area contributed by atoms with Crippen LogP contribution in [0, 0.1) is 17.6 Å². The fourth-order valence-electron chi connectivity index (χ4n) is 5.53. The maximum Gasteiger partial charge on any atom is 0.274 e. The number of amides is 1. The van der Waals surface area contributed by atoms with Gasteiger partial charge < -0.3 is 4.90 Å². The van der Waals surface area contributed by atoms with Crippen LogP contribution < -0.4 is 0 Å². The molecule has 6 rings (SSSR count). The second kappa shape index (κ2) is 6.65. The molecule has 4 aliphatic heterocycles. The Labute approximate surface area is 162 Å². The lowest BCUT2D eigenvalue weighted by Gasteiger charge is -2.51. The Morgan fingerprint density at radius 3 is 2.68 bits per heavy atom. The topological polar surface area (TPSA) is 41.4 Å². The van der Waals surface area contributed by atoms with Gasteiger partial charge in [0.15, 0.2) is 11.6 Å². The molecule has 4 fully saturated rings. The first-order chi connectivity index (χ1) is 13.6. The van der Waals surface area contributed by atoms with E-state index in [1.165, 1.54) is 0 Å². The summed E-state index contributed by atoms with van der Waals surface area (Å²) >= 11 is 0. The average molecular weight is 386 g/mol. The number of carbonyl (C=O) groups is 1. The first kappa shape index (κ1) is 17.8. The van der Waals surface area contributed by atoms with Crippen LogP contribution in [0.5, 0.6) is 0 Å². The predicted octanol–water partition coefficient (Wildman–Crippen LogP) is 2.88. The molecule has 5 heterocycles. The highest BCUT2D eigenvalue weighted by molar-refractivity contribution is 5.93. The van der Waals surface area contributed by atoms with Crippen molar-refractivity contribution in [3.05, 3.63) is 53.4 Å². The lowest BCUT2D eigenvalue weighted by atomic mass is 9.75. The summed E-state index contributed by atoms with van der Waals surface area (Å²) < 4.78 is 30.3. The molecule has 0 spiro atoms. The number of nitrogens with zero attached hydrogens (tertiary/aromatic N) is 4. The Morgan fingerprint density at radius 1 is 1.18 bits per heavy atom. The zero-order valence-corrected chi connectivity index (χ0v) is 15.9. The zero-order valence-electron chi connectivity index (χ0n) is 15.9. The van der Waals surface area contributed by atoms with Crippen molar-refractivity contribution in [2.75, 3.05) is 19.6 Å². The molecule has 0 aliphatic carbocycles. The van der Waals surface area contributed by atoms with Gasteiger partial charge in [-0.1, -0.05) is 12.1 Å². The molecule has 3 atom stereocenters. The van der Waals surface area contributed by atoms with E-state index >= 15 is 0 Å². The fourth-order valence-corrected chi connectivity index (χ4v) is 5.53. The smallest absolute Gasteiger partial charge is 0.274 e. The number of piperidine rings is 3. The highest BCUT2D eigenvalue weighted by Gasteiger charge is 2.55. The summed E-state index contributed by atoms with van der Waals surface area (Å²) in [7, 11) is 0. The highest BCUT2D eigenvalue weighted by atomic mass is 19.2. The predicted molar refractivity (Wildman–Crippen MR) is 99.9 cm³/mol. The molecule has 0 radical (unpaired) electrons. The van der Waals surface area contributed by atoms with Crippen molar-refractivity contribution in [1.82, 2.24) is 19.6 Å². The monoisotopic (exact) mass is 386 g/mol. The summed E-state index contributed by atoms with van der Waals surface area (Å²) in [6.45, 7) is 5.01. The third-order valence-corrected chi connectivity index (χ3v) is 6.82. The first-order valence-corrected chi connectivity index (χ1v) is 10.1. The number of hydrogen-bond acceptors (Lipinski definition) is 3. The van der Waals surface area contributed by atoms with Crippen molar-refractivity contribution in [2.24, 2.45) is 5.92 Å². The number of carbonyl (C=O) groups excluding carboxylic acids is 1. The van der Waals surface area contributed by atoms with Crippen molar-refractivity contribution in [1.29, 1.82) is 0 Å². The van der Waals surface area contributed by atoms with Crippen LogP contribution in [0.15, 0.2) is 30.5 Å². The van der Waals surface area contributed by atoms with Gasteiger partial charge in [0.05, 0.1) is 6.04 Å². The molecule has 0 N–H and O–H groups in total. The van der Waals surface area contributed by atoms with Crippen LogP contribution in [0.4, 0.5) is 8.78 Å². The van der Waals surface area contributed by atoms with E-state index in [-0.39, 0.29) is 23.9 Å². The largest absolute Gasteiger partial charge is 0.332 e. The van der Waals surface area contributed by atoms with Gasteiger partial charge in [-0.2, -0.15) is 5.10 Å². The van der Waals surface area contributed by atoms with Crippen molar-refractivity contribution in [3.8, 4) is 0 Å². The van der Waals surface area contributed by atoms with Gasteiger partial charge in [0, 0.05) is 31.2 Å². The van der Waals surface area contributed by atoms with Gasteiger partial charge >= 0.3 is 0 Å². The lowest BCUT2D eigenvalue weighted by Crippen LogP contribution is -2.60. The number of benzene rings is 1. The molecule has 4 saturated heterocycles. The molecule has 148 valence electrons. The van der Waals surface area contributed by atoms with Gasteiger partial charge in [-0.05, 0) is 56.5 Å². The van der Waals surface area contributed by atoms with Crippen LogP contribution in [0.2, 0.25) is 0 Å². The van der Waals surface area contributed by atoms with Crippen LogP contribution in [0.25, 0.3) is 0 Å². The summed E-state index contributed by atoms with van der Waals surface area (Å²) in [5.41, 5.74) is 0.814. The highest BCUT2D eigenvalue weighted by Crippen LogP contribution is 2.47. The number of likely N-dealkylation sites (tertiary alicyclic amines) is 1. The number of rotatable bonds is 3. The van der Waals surface area contributed by atoms with Crippen molar-refractivity contribution < 1.29 is 13.6 Å². The molecule has 0 unspecified atom stereocenters. The maximum atomic E-state index is 14.6. The SMILES string of the molecule is CCn1ccc(C(=O)N2C[C@H](c3cccc(F)c3F)[C@@H]3[C@H]2C2CCN3CC2)n1. The Morgan fingerprint density at radius 2 is 1.96 bits per heavy atom. The molecule has 7 heteroatoms. The van der Waals surface area contributed by atoms with Crippen LogP contribution in [-0.4, -0.2) is 57.2 Å². The first-order valence-electron chi connectivity index (χ1n) is 10.1. The van der Waals surface area contributed by atoms with E-state index in [0.717, 1.165) is 32.0 Å². The van der Waals surface area contributed by atoms with E-state index in [2.05, 4.69) is 10.00 Å². The molecule has 2 bridgehead atoms. The summed E-state index contributed by atoms with van der Waals surface area (Å²) in [6.07, 6.45) is 3.90. The average Bonchev–Trinajstić information content (AvgIpc) is 3.37. The molecular weight excluding hydrogens is 362 g/mol. The van der Waals surface area contributed by atoms with Gasteiger partial charge in [0.2, 0.25) is 0 Å². The van der Waals surface area contributed by atoms with Crippen molar-refractivity contribution in [2.45, 2.75) is 44.3 Å². The van der Waals surface area contributed by atoms with Gasteiger partial charge in [-0.25, -0.2) is 8.78 Å². The minimum atomic E-state index is -0.823. The lowest BCUT2D eigenvalue weighted by molar-refractivity contribution is -0.00378. The second-order valence-corrected chi connectivity index (χ2v) is 8.12. The Bertz CT molecular complexity index is 906. The summed E-state index contributed by atoms with van der Waals surface area (Å²) in [4.78, 5) is 17.6. The number of aryl methyl sites for hydroxylation is 1. The molecule has 1 aromatic carbocycles. The second-order valence-electron chi connectivity index (χ2n) is 8.12. The Hall–Kier alpha value is -2.28. The molecule has 1 aromatic heterocycles. The van der Waals surface area contributed by atoms with E-state index in [0.29, 0.717) is 30.3 Å². The number of fused-ring (bicyclic) bond motifs is 2. The number of halogens is 2. The minimum Gasteiger partial charge on any atom is -0.332 e.